The van der Waals surface area contributed by atoms with Crippen LogP contribution in [-0.2, 0) is 11.2 Å². The molecule has 2 saturated heterocycles. The number of ether oxygens (including phenoxy) is 1. The third-order valence-corrected chi connectivity index (χ3v) is 4.86. The van der Waals surface area contributed by atoms with Crippen molar-refractivity contribution in [3.8, 4) is 0 Å². The van der Waals surface area contributed by atoms with Gasteiger partial charge >= 0.3 is 6.09 Å². The van der Waals surface area contributed by atoms with Crippen LogP contribution in [0.25, 0.3) is 0 Å². The molecule has 126 valence electrons. The quantitative estimate of drug-likeness (QED) is 0.909. The zero-order valence-corrected chi connectivity index (χ0v) is 14.5. The van der Waals surface area contributed by atoms with Gasteiger partial charge in [0, 0.05) is 19.1 Å². The number of benzene rings is 1. The lowest BCUT2D eigenvalue weighted by atomic mass is 9.77. The van der Waals surface area contributed by atoms with E-state index in [4.69, 9.17) is 4.74 Å². The number of amides is 1. The lowest BCUT2D eigenvalue weighted by Crippen LogP contribution is -2.70. The fourth-order valence-corrected chi connectivity index (χ4v) is 4.01. The van der Waals surface area contributed by atoms with Gasteiger partial charge in [-0.15, -0.1) is 0 Å². The van der Waals surface area contributed by atoms with Crippen molar-refractivity contribution in [3.63, 3.8) is 0 Å². The number of piperidine rings is 1. The SMILES string of the molecule is CC(C)(C)OC(=O)N1C2CCCC1(Cc1ccccc1)CNC2. The van der Waals surface area contributed by atoms with Gasteiger partial charge in [-0.1, -0.05) is 30.3 Å². The first-order valence-electron chi connectivity index (χ1n) is 8.67. The minimum Gasteiger partial charge on any atom is -0.444 e. The summed E-state index contributed by atoms with van der Waals surface area (Å²) >= 11 is 0. The zero-order chi connectivity index (χ0) is 16.5. The van der Waals surface area contributed by atoms with Crippen LogP contribution in [0.3, 0.4) is 0 Å². The highest BCUT2D eigenvalue weighted by atomic mass is 16.6. The molecular weight excluding hydrogens is 288 g/mol. The van der Waals surface area contributed by atoms with Crippen molar-refractivity contribution < 1.29 is 9.53 Å². The van der Waals surface area contributed by atoms with Crippen molar-refractivity contribution in [3.05, 3.63) is 35.9 Å². The first kappa shape index (κ1) is 16.3. The molecule has 0 saturated carbocycles. The highest BCUT2D eigenvalue weighted by molar-refractivity contribution is 5.70. The van der Waals surface area contributed by atoms with E-state index < -0.39 is 5.60 Å². The van der Waals surface area contributed by atoms with E-state index in [1.165, 1.54) is 12.0 Å². The molecule has 2 aliphatic heterocycles. The molecule has 1 N–H and O–H groups in total. The van der Waals surface area contributed by atoms with E-state index in [2.05, 4.69) is 34.5 Å². The fourth-order valence-electron chi connectivity index (χ4n) is 4.01. The minimum atomic E-state index is -0.454. The van der Waals surface area contributed by atoms with Gasteiger partial charge in [0.2, 0.25) is 0 Å². The summed E-state index contributed by atoms with van der Waals surface area (Å²) in [6, 6.07) is 10.7. The van der Waals surface area contributed by atoms with E-state index in [1.54, 1.807) is 0 Å². The number of rotatable bonds is 2. The maximum atomic E-state index is 12.9. The molecule has 4 heteroatoms. The molecular formula is C19H28N2O2. The molecule has 0 aliphatic carbocycles. The number of carbonyl (C=O) groups excluding carboxylic acids is 1. The maximum absolute atomic E-state index is 12.9. The van der Waals surface area contributed by atoms with Gasteiger partial charge in [-0.3, -0.25) is 4.90 Å². The van der Waals surface area contributed by atoms with Gasteiger partial charge in [-0.25, -0.2) is 4.79 Å². The fraction of sp³-hybridized carbons (Fsp3) is 0.632. The molecule has 23 heavy (non-hydrogen) atoms. The lowest BCUT2D eigenvalue weighted by molar-refractivity contribution is -0.0501. The molecule has 2 atom stereocenters. The van der Waals surface area contributed by atoms with Crippen LogP contribution in [0.5, 0.6) is 0 Å². The first-order chi connectivity index (χ1) is 10.9. The van der Waals surface area contributed by atoms with Crippen molar-refractivity contribution in [2.75, 3.05) is 13.1 Å². The highest BCUT2D eigenvalue weighted by Gasteiger charge is 2.49. The van der Waals surface area contributed by atoms with E-state index in [9.17, 15) is 4.79 Å². The third kappa shape index (κ3) is 3.52. The van der Waals surface area contributed by atoms with Crippen molar-refractivity contribution in [2.24, 2.45) is 0 Å². The molecule has 0 aromatic heterocycles. The van der Waals surface area contributed by atoms with Crippen LogP contribution in [0, 0.1) is 0 Å². The number of fused-ring (bicyclic) bond motifs is 2. The van der Waals surface area contributed by atoms with Gasteiger partial charge < -0.3 is 10.1 Å². The maximum Gasteiger partial charge on any atom is 0.411 e. The predicted octanol–water partition coefficient (Wildman–Crippen LogP) is 3.36. The van der Waals surface area contributed by atoms with Crippen molar-refractivity contribution in [1.29, 1.82) is 0 Å². The summed E-state index contributed by atoms with van der Waals surface area (Å²) in [5.74, 6) is 0. The van der Waals surface area contributed by atoms with Gasteiger partial charge in [0.25, 0.3) is 0 Å². The second kappa shape index (κ2) is 6.16. The van der Waals surface area contributed by atoms with Gasteiger partial charge in [0.1, 0.15) is 5.60 Å². The predicted molar refractivity (Wildman–Crippen MR) is 91.5 cm³/mol. The van der Waals surface area contributed by atoms with E-state index in [0.717, 1.165) is 32.4 Å². The van der Waals surface area contributed by atoms with E-state index in [1.807, 2.05) is 26.8 Å². The first-order valence-corrected chi connectivity index (χ1v) is 8.67. The average Bonchev–Trinajstić information content (AvgIpc) is 2.45. The lowest BCUT2D eigenvalue weighted by Gasteiger charge is -2.55. The molecule has 2 heterocycles. The van der Waals surface area contributed by atoms with E-state index in [-0.39, 0.29) is 17.7 Å². The van der Waals surface area contributed by atoms with Gasteiger partial charge in [0.15, 0.2) is 0 Å². The summed E-state index contributed by atoms with van der Waals surface area (Å²) in [5.41, 5.74) is 0.667. The van der Waals surface area contributed by atoms with Crippen LogP contribution in [0.15, 0.2) is 30.3 Å². The van der Waals surface area contributed by atoms with Crippen molar-refractivity contribution in [1.82, 2.24) is 10.2 Å². The molecule has 0 radical (unpaired) electrons. The molecule has 1 aromatic carbocycles. The molecule has 3 rings (SSSR count). The van der Waals surface area contributed by atoms with Gasteiger partial charge in [-0.2, -0.15) is 0 Å². The Morgan fingerprint density at radius 2 is 2.09 bits per heavy atom. The van der Waals surface area contributed by atoms with Crippen molar-refractivity contribution in [2.45, 2.75) is 63.6 Å². The van der Waals surface area contributed by atoms with Crippen LogP contribution in [-0.4, -0.2) is 41.3 Å². The number of nitrogens with zero attached hydrogens (tertiary/aromatic N) is 1. The van der Waals surface area contributed by atoms with E-state index in [0.29, 0.717) is 0 Å². The molecule has 0 spiro atoms. The molecule has 2 bridgehead atoms. The number of nitrogens with one attached hydrogen (secondary N) is 1. The summed E-state index contributed by atoms with van der Waals surface area (Å²) in [5, 5.41) is 3.55. The zero-order valence-electron chi connectivity index (χ0n) is 14.5. The largest absolute Gasteiger partial charge is 0.444 e. The smallest absolute Gasteiger partial charge is 0.411 e. The second-order valence-corrected chi connectivity index (χ2v) is 7.91. The van der Waals surface area contributed by atoms with Crippen LogP contribution in [0.4, 0.5) is 4.79 Å². The summed E-state index contributed by atoms with van der Waals surface area (Å²) in [6.07, 6.45) is 4.00. The number of carbonyl (C=O) groups is 1. The molecule has 4 nitrogen and oxygen atoms in total. The molecule has 2 unspecified atom stereocenters. The van der Waals surface area contributed by atoms with E-state index >= 15 is 0 Å². The third-order valence-electron chi connectivity index (χ3n) is 4.86. The topological polar surface area (TPSA) is 41.6 Å². The standard InChI is InChI=1S/C19H28N2O2/c1-18(2,3)23-17(22)21-16-10-7-11-19(21,14-20-13-16)12-15-8-5-4-6-9-15/h4-6,8-9,16,20H,7,10-14H2,1-3H3. The normalized spacial score (nSPS) is 27.6. The Hall–Kier alpha value is -1.55. The van der Waals surface area contributed by atoms with Gasteiger partial charge in [0.05, 0.1) is 5.54 Å². The molecule has 2 aliphatic rings. The molecule has 2 fully saturated rings. The number of piperazine rings is 1. The van der Waals surface area contributed by atoms with Crippen LogP contribution in [0.2, 0.25) is 0 Å². The number of hydrogen-bond donors (Lipinski definition) is 1. The Balaban J connectivity index is 1.88. The minimum absolute atomic E-state index is 0.153. The highest BCUT2D eigenvalue weighted by Crippen LogP contribution is 2.38. The Kier molecular flexibility index (Phi) is 4.37. The van der Waals surface area contributed by atoms with Crippen LogP contribution in [0.1, 0.15) is 45.6 Å². The Morgan fingerprint density at radius 3 is 2.78 bits per heavy atom. The van der Waals surface area contributed by atoms with Crippen molar-refractivity contribution >= 4 is 6.09 Å². The second-order valence-electron chi connectivity index (χ2n) is 7.91. The monoisotopic (exact) mass is 316 g/mol. The summed E-state index contributed by atoms with van der Waals surface area (Å²) < 4.78 is 5.74. The Morgan fingerprint density at radius 1 is 1.35 bits per heavy atom. The van der Waals surface area contributed by atoms with Gasteiger partial charge in [-0.05, 0) is 52.0 Å². The summed E-state index contributed by atoms with van der Waals surface area (Å²) in [7, 11) is 0. The van der Waals surface area contributed by atoms with Crippen LogP contribution < -0.4 is 5.32 Å². The number of hydrogen-bond acceptors (Lipinski definition) is 3. The average molecular weight is 316 g/mol. The Bertz CT molecular complexity index is 540. The molecule has 1 amide bonds. The Labute approximate surface area is 139 Å². The molecule has 1 aromatic rings. The summed E-state index contributed by atoms with van der Waals surface area (Å²) in [4.78, 5) is 15.0. The van der Waals surface area contributed by atoms with Crippen LogP contribution >= 0.6 is 0 Å². The summed E-state index contributed by atoms with van der Waals surface area (Å²) in [6.45, 7) is 7.53.